The van der Waals surface area contributed by atoms with Crippen molar-refractivity contribution in [3.05, 3.63) is 24.1 Å². The second kappa shape index (κ2) is 3.57. The summed E-state index contributed by atoms with van der Waals surface area (Å²) < 4.78 is 5.72. The minimum Gasteiger partial charge on any atom is -0.440 e. The molecule has 1 aromatic heterocycles. The van der Waals surface area contributed by atoms with E-state index in [4.69, 9.17) is 10.2 Å². The molecule has 0 atom stereocenters. The van der Waals surface area contributed by atoms with E-state index < -0.39 is 5.54 Å². The summed E-state index contributed by atoms with van der Waals surface area (Å²) in [5.41, 5.74) is 7.48. The molecule has 1 heterocycles. The molecule has 19 heavy (non-hydrogen) atoms. The number of aromatic nitrogens is 1. The molecule has 5 nitrogen and oxygen atoms in total. The van der Waals surface area contributed by atoms with Gasteiger partial charge in [0.15, 0.2) is 11.5 Å². The van der Waals surface area contributed by atoms with E-state index in [1.54, 1.807) is 0 Å². The number of rotatable bonds is 3. The quantitative estimate of drug-likeness (QED) is 0.882. The predicted octanol–water partition coefficient (Wildman–Crippen LogP) is 2.13. The average molecular weight is 257 g/mol. The molecule has 2 saturated carbocycles. The maximum Gasteiger partial charge on any atom is 0.244 e. The molecule has 3 N–H and O–H groups in total. The number of nitrogens with one attached hydrogen (secondary N) is 1. The predicted molar refractivity (Wildman–Crippen MR) is 70.8 cm³/mol. The third-order valence-corrected chi connectivity index (χ3v) is 3.83. The summed E-state index contributed by atoms with van der Waals surface area (Å²) >= 11 is 0. The summed E-state index contributed by atoms with van der Waals surface area (Å²) in [5.74, 6) is 1.19. The Labute approximate surface area is 110 Å². The fraction of sp³-hybridized carbons (Fsp3) is 0.429. The van der Waals surface area contributed by atoms with Gasteiger partial charge >= 0.3 is 0 Å². The molecule has 1 amide bonds. The third kappa shape index (κ3) is 1.90. The molecule has 2 fully saturated rings. The molecule has 0 bridgehead atoms. The first-order chi connectivity index (χ1) is 9.14. The highest BCUT2D eigenvalue weighted by Gasteiger charge is 2.45. The molecule has 4 rings (SSSR count). The van der Waals surface area contributed by atoms with Crippen molar-refractivity contribution in [3.8, 4) is 0 Å². The van der Waals surface area contributed by atoms with Gasteiger partial charge in [-0.05, 0) is 37.8 Å². The van der Waals surface area contributed by atoms with Gasteiger partial charge in [-0.3, -0.25) is 4.79 Å². The smallest absolute Gasteiger partial charge is 0.244 e. The van der Waals surface area contributed by atoms with Crippen LogP contribution >= 0.6 is 0 Å². The van der Waals surface area contributed by atoms with Crippen LogP contribution in [-0.4, -0.2) is 16.4 Å². The van der Waals surface area contributed by atoms with E-state index in [0.29, 0.717) is 11.6 Å². The van der Waals surface area contributed by atoms with Crippen LogP contribution in [0.15, 0.2) is 22.6 Å². The minimum atomic E-state index is -0.657. The lowest BCUT2D eigenvalue weighted by Crippen LogP contribution is -2.37. The molecule has 98 valence electrons. The van der Waals surface area contributed by atoms with Gasteiger partial charge in [-0.1, -0.05) is 0 Å². The molecule has 0 radical (unpaired) electrons. The molecule has 2 aliphatic rings. The van der Waals surface area contributed by atoms with Gasteiger partial charge < -0.3 is 15.5 Å². The van der Waals surface area contributed by atoms with Crippen molar-refractivity contribution in [2.24, 2.45) is 5.73 Å². The second-order valence-electron chi connectivity index (χ2n) is 5.62. The normalized spacial score (nSPS) is 20.5. The van der Waals surface area contributed by atoms with Crippen LogP contribution < -0.4 is 11.1 Å². The number of amides is 1. The number of anilines is 1. The lowest BCUT2D eigenvalue weighted by molar-refractivity contribution is -0.118. The van der Waals surface area contributed by atoms with Gasteiger partial charge in [0.2, 0.25) is 5.91 Å². The first kappa shape index (κ1) is 11.0. The average Bonchev–Trinajstić information content (AvgIpc) is 3.30. The highest BCUT2D eigenvalue weighted by Crippen LogP contribution is 2.40. The number of hydrogen-bond acceptors (Lipinski definition) is 4. The Morgan fingerprint density at radius 3 is 2.89 bits per heavy atom. The number of hydrogen-bond donors (Lipinski definition) is 2. The Kier molecular flexibility index (Phi) is 2.07. The van der Waals surface area contributed by atoms with Crippen molar-refractivity contribution in [1.82, 2.24) is 4.98 Å². The van der Waals surface area contributed by atoms with Crippen molar-refractivity contribution in [3.63, 3.8) is 0 Å². The van der Waals surface area contributed by atoms with Crippen LogP contribution in [0.3, 0.4) is 0 Å². The summed E-state index contributed by atoms with van der Waals surface area (Å²) in [7, 11) is 0. The molecule has 2 aromatic rings. The zero-order valence-corrected chi connectivity index (χ0v) is 10.5. The van der Waals surface area contributed by atoms with Gasteiger partial charge in [0, 0.05) is 17.7 Å². The molecule has 0 aliphatic heterocycles. The molecule has 5 heteroatoms. The Bertz CT molecular complexity index is 668. The molecule has 2 aliphatic carbocycles. The van der Waals surface area contributed by atoms with E-state index in [0.717, 1.165) is 42.7 Å². The SMILES string of the molecule is NC1(C(=O)Nc2ccc3nc(C4CC4)oc3c2)CC1. The zero-order valence-electron chi connectivity index (χ0n) is 10.5. The number of carbonyl (C=O) groups excluding carboxylic acids is 1. The van der Waals surface area contributed by atoms with Crippen LogP contribution in [0.1, 0.15) is 37.5 Å². The van der Waals surface area contributed by atoms with E-state index in [1.165, 1.54) is 0 Å². The fourth-order valence-corrected chi connectivity index (χ4v) is 2.14. The van der Waals surface area contributed by atoms with E-state index in [9.17, 15) is 4.79 Å². The fourth-order valence-electron chi connectivity index (χ4n) is 2.14. The summed E-state index contributed by atoms with van der Waals surface area (Å²) in [5, 5.41) is 2.84. The Morgan fingerprint density at radius 2 is 2.21 bits per heavy atom. The zero-order chi connectivity index (χ0) is 13.0. The second-order valence-corrected chi connectivity index (χ2v) is 5.62. The molecular formula is C14H15N3O2. The summed E-state index contributed by atoms with van der Waals surface area (Å²) in [6.45, 7) is 0. The molecule has 0 unspecified atom stereocenters. The number of oxazole rings is 1. The Morgan fingerprint density at radius 1 is 1.42 bits per heavy atom. The third-order valence-electron chi connectivity index (χ3n) is 3.83. The van der Waals surface area contributed by atoms with Crippen LogP contribution in [0.4, 0.5) is 5.69 Å². The monoisotopic (exact) mass is 257 g/mol. The van der Waals surface area contributed by atoms with E-state index in [-0.39, 0.29) is 5.91 Å². The van der Waals surface area contributed by atoms with Crippen molar-refractivity contribution in [2.75, 3.05) is 5.32 Å². The largest absolute Gasteiger partial charge is 0.440 e. The maximum absolute atomic E-state index is 11.9. The van der Waals surface area contributed by atoms with E-state index in [2.05, 4.69) is 10.3 Å². The van der Waals surface area contributed by atoms with E-state index in [1.807, 2.05) is 18.2 Å². The van der Waals surface area contributed by atoms with Crippen LogP contribution in [-0.2, 0) is 4.79 Å². The summed E-state index contributed by atoms with van der Waals surface area (Å²) in [6, 6.07) is 5.53. The molecule has 0 spiro atoms. The topological polar surface area (TPSA) is 81.2 Å². The van der Waals surface area contributed by atoms with Crippen molar-refractivity contribution in [2.45, 2.75) is 37.1 Å². The standard InChI is InChI=1S/C14H15N3O2/c15-14(5-6-14)13(18)16-9-3-4-10-11(7-9)19-12(17-10)8-1-2-8/h3-4,7-8H,1-2,5-6,15H2,(H,16,18). The highest BCUT2D eigenvalue weighted by atomic mass is 16.3. The van der Waals surface area contributed by atoms with Gasteiger partial charge in [0.25, 0.3) is 0 Å². The summed E-state index contributed by atoms with van der Waals surface area (Å²) in [4.78, 5) is 16.3. The lowest BCUT2D eigenvalue weighted by atomic mass is 10.2. The Hall–Kier alpha value is -1.88. The van der Waals surface area contributed by atoms with Crippen molar-refractivity contribution >= 4 is 22.7 Å². The number of fused-ring (bicyclic) bond motifs is 1. The Balaban J connectivity index is 1.61. The summed E-state index contributed by atoms with van der Waals surface area (Å²) in [6.07, 6.45) is 3.84. The van der Waals surface area contributed by atoms with Crippen LogP contribution in [0.5, 0.6) is 0 Å². The molecule has 1 aromatic carbocycles. The number of benzene rings is 1. The first-order valence-corrected chi connectivity index (χ1v) is 6.65. The maximum atomic E-state index is 11.9. The van der Waals surface area contributed by atoms with E-state index >= 15 is 0 Å². The minimum absolute atomic E-state index is 0.117. The van der Waals surface area contributed by atoms with Gasteiger partial charge in [-0.15, -0.1) is 0 Å². The van der Waals surface area contributed by atoms with Gasteiger partial charge in [0.05, 0.1) is 5.54 Å². The van der Waals surface area contributed by atoms with Gasteiger partial charge in [-0.25, -0.2) is 4.98 Å². The number of nitrogens with two attached hydrogens (primary N) is 1. The van der Waals surface area contributed by atoms with Crippen molar-refractivity contribution in [1.29, 1.82) is 0 Å². The number of carbonyl (C=O) groups is 1. The lowest BCUT2D eigenvalue weighted by Gasteiger charge is -2.09. The molecular weight excluding hydrogens is 242 g/mol. The molecule has 0 saturated heterocycles. The van der Waals surface area contributed by atoms with Gasteiger partial charge in [-0.2, -0.15) is 0 Å². The number of nitrogens with zero attached hydrogens (tertiary/aromatic N) is 1. The van der Waals surface area contributed by atoms with Crippen LogP contribution in [0.25, 0.3) is 11.1 Å². The highest BCUT2D eigenvalue weighted by molar-refractivity contribution is 6.00. The van der Waals surface area contributed by atoms with Gasteiger partial charge in [0.1, 0.15) is 5.52 Å². The van der Waals surface area contributed by atoms with Crippen LogP contribution in [0.2, 0.25) is 0 Å². The van der Waals surface area contributed by atoms with Crippen molar-refractivity contribution < 1.29 is 9.21 Å². The van der Waals surface area contributed by atoms with Crippen LogP contribution in [0, 0.1) is 0 Å². The first-order valence-electron chi connectivity index (χ1n) is 6.65.